The first-order valence-electron chi connectivity index (χ1n) is 26.5. The molecular weight excluding hydrogens is 881 g/mol. The number of fused-ring (bicyclic) bond motifs is 7. The Morgan fingerprint density at radius 1 is 0.452 bits per heavy atom. The summed E-state index contributed by atoms with van der Waals surface area (Å²) in [4.78, 5) is 2.58. The Hall–Kier alpha value is -8.46. The van der Waals surface area contributed by atoms with Crippen molar-refractivity contribution in [1.82, 2.24) is 4.57 Å². The van der Waals surface area contributed by atoms with Gasteiger partial charge in [0.1, 0.15) is 0 Å². The molecule has 2 unspecified atom stereocenters. The number of para-hydroxylation sites is 4. The topological polar surface area (TPSA) is 8.17 Å². The first-order chi connectivity index (χ1) is 36.3. The van der Waals surface area contributed by atoms with Crippen molar-refractivity contribution in [3.63, 3.8) is 0 Å². The molecule has 0 saturated heterocycles. The van der Waals surface area contributed by atoms with E-state index < -0.39 is 0 Å². The minimum atomic E-state index is -0.381. The largest absolute Gasteiger partial charge is 0.309 e. The van der Waals surface area contributed by atoms with Crippen molar-refractivity contribution in [1.29, 1.82) is 0 Å². The van der Waals surface area contributed by atoms with E-state index >= 15 is 0 Å². The van der Waals surface area contributed by atoms with Gasteiger partial charge in [-0.1, -0.05) is 226 Å². The molecule has 0 aliphatic heterocycles. The van der Waals surface area contributed by atoms with Crippen LogP contribution in [0.4, 0.5) is 17.1 Å². The first-order valence-corrected chi connectivity index (χ1v) is 26.5. The lowest BCUT2D eigenvalue weighted by Gasteiger charge is -2.39. The molecule has 3 aliphatic carbocycles. The van der Waals surface area contributed by atoms with Gasteiger partial charge in [-0.15, -0.1) is 0 Å². The van der Waals surface area contributed by atoms with Gasteiger partial charge in [0.25, 0.3) is 0 Å². The predicted octanol–water partition coefficient (Wildman–Crippen LogP) is 19.2. The third-order valence-electron chi connectivity index (χ3n) is 16.7. The molecule has 2 heteroatoms. The smallest absolute Gasteiger partial charge is 0.0542 e. The van der Waals surface area contributed by atoms with Crippen LogP contribution in [0.2, 0.25) is 0 Å². The Labute approximate surface area is 428 Å². The molecule has 11 aromatic rings. The molecule has 0 spiro atoms. The van der Waals surface area contributed by atoms with Crippen molar-refractivity contribution < 1.29 is 0 Å². The van der Waals surface area contributed by atoms with Crippen LogP contribution < -0.4 is 4.90 Å². The average molecular weight is 937 g/mol. The summed E-state index contributed by atoms with van der Waals surface area (Å²) in [7, 11) is 0. The van der Waals surface area contributed by atoms with E-state index in [0.29, 0.717) is 5.92 Å². The van der Waals surface area contributed by atoms with Crippen molar-refractivity contribution in [2.45, 2.75) is 49.9 Å². The van der Waals surface area contributed by atoms with Gasteiger partial charge in [-0.2, -0.15) is 0 Å². The molecule has 3 aliphatic rings. The third-order valence-corrected chi connectivity index (χ3v) is 16.7. The number of anilines is 3. The summed E-state index contributed by atoms with van der Waals surface area (Å²) in [6.45, 7) is 0. The van der Waals surface area contributed by atoms with Crippen LogP contribution in [0.3, 0.4) is 0 Å². The van der Waals surface area contributed by atoms with Gasteiger partial charge in [0.15, 0.2) is 0 Å². The molecule has 2 nitrogen and oxygen atoms in total. The van der Waals surface area contributed by atoms with Crippen LogP contribution >= 0.6 is 0 Å². The maximum Gasteiger partial charge on any atom is 0.0542 e. The summed E-state index contributed by atoms with van der Waals surface area (Å²) < 4.78 is 2.42. The Morgan fingerprint density at radius 3 is 1.85 bits per heavy atom. The van der Waals surface area contributed by atoms with Gasteiger partial charge in [0, 0.05) is 33.3 Å². The second-order valence-electron chi connectivity index (χ2n) is 20.4. The van der Waals surface area contributed by atoms with Crippen molar-refractivity contribution >= 4 is 49.6 Å². The summed E-state index contributed by atoms with van der Waals surface area (Å²) in [6, 6.07) is 87.0. The zero-order valence-electron chi connectivity index (χ0n) is 41.0. The van der Waals surface area contributed by atoms with Crippen molar-refractivity contribution in [3.05, 3.63) is 277 Å². The lowest BCUT2D eigenvalue weighted by Crippen LogP contribution is -2.35. The van der Waals surface area contributed by atoms with Crippen LogP contribution in [0, 0.1) is 5.92 Å². The zero-order valence-corrected chi connectivity index (χ0v) is 41.0. The van der Waals surface area contributed by atoms with E-state index in [1.165, 1.54) is 120 Å². The summed E-state index contributed by atoms with van der Waals surface area (Å²) in [5.74, 6) is 0.790. The fourth-order valence-corrected chi connectivity index (χ4v) is 13.6. The molecule has 0 bridgehead atoms. The van der Waals surface area contributed by atoms with Gasteiger partial charge in [0.05, 0.1) is 27.8 Å². The number of nitrogens with zero attached hydrogens (tertiary/aromatic N) is 2. The van der Waals surface area contributed by atoms with Crippen LogP contribution in [0.5, 0.6) is 0 Å². The van der Waals surface area contributed by atoms with Gasteiger partial charge < -0.3 is 9.47 Å². The molecule has 1 saturated carbocycles. The monoisotopic (exact) mass is 936 g/mol. The number of aromatic nitrogens is 1. The van der Waals surface area contributed by atoms with E-state index in [1.807, 2.05) is 0 Å². The molecule has 0 N–H and O–H groups in total. The van der Waals surface area contributed by atoms with Gasteiger partial charge in [0.2, 0.25) is 0 Å². The number of allylic oxidation sites excluding steroid dienone is 4. The van der Waals surface area contributed by atoms with Gasteiger partial charge >= 0.3 is 0 Å². The number of rotatable bonds is 9. The summed E-state index contributed by atoms with van der Waals surface area (Å²) >= 11 is 0. The van der Waals surface area contributed by atoms with E-state index in [-0.39, 0.29) is 11.3 Å². The summed E-state index contributed by atoms with van der Waals surface area (Å²) in [5, 5.41) is 5.15. The van der Waals surface area contributed by atoms with Gasteiger partial charge in [-0.25, -0.2) is 0 Å². The van der Waals surface area contributed by atoms with Gasteiger partial charge in [-0.3, -0.25) is 0 Å². The highest BCUT2D eigenvalue weighted by molar-refractivity contribution is 6.12. The molecule has 73 heavy (non-hydrogen) atoms. The molecule has 10 aromatic carbocycles. The lowest BCUT2D eigenvalue weighted by atomic mass is 9.62. The Bertz CT molecular complexity index is 3940. The van der Waals surface area contributed by atoms with Gasteiger partial charge in [-0.05, 0) is 135 Å². The van der Waals surface area contributed by atoms with Crippen molar-refractivity contribution in [2.75, 3.05) is 4.90 Å². The van der Waals surface area contributed by atoms with E-state index in [0.717, 1.165) is 29.2 Å². The molecule has 1 fully saturated rings. The second kappa shape index (κ2) is 18.0. The highest BCUT2D eigenvalue weighted by Gasteiger charge is 2.49. The van der Waals surface area contributed by atoms with Crippen LogP contribution in [-0.4, -0.2) is 4.57 Å². The van der Waals surface area contributed by atoms with E-state index in [4.69, 9.17) is 0 Å². The standard InChI is InChI=1S/C71H56N2/c1-5-24-49(25-6-1)55-38-21-26-50-27-22-39-59(69(50)55)56-34-14-18-43-65(56)73(54-46-47-68-62(48-54)58-36-16-20-45-67(58)72(68)53-32-11-4-12-33-53)66-44-19-15-35-57(66)60-40-23-42-64-70(60)61-37-13-17-41-63(61)71(64,51-28-7-2-8-29-51)52-30-9-3-10-31-52/h2-4,7-23,26-30,32-49,52H,1,5-6,24-25,31H2. The average Bonchev–Trinajstić information content (AvgIpc) is 3.97. The van der Waals surface area contributed by atoms with Crippen LogP contribution in [0.15, 0.2) is 255 Å². The lowest BCUT2D eigenvalue weighted by molar-refractivity contribution is 0.445. The van der Waals surface area contributed by atoms with E-state index in [2.05, 4.69) is 264 Å². The molecule has 1 heterocycles. The first kappa shape index (κ1) is 43.3. The van der Waals surface area contributed by atoms with E-state index in [1.54, 1.807) is 0 Å². The molecule has 0 amide bonds. The third kappa shape index (κ3) is 6.92. The zero-order chi connectivity index (χ0) is 48.3. The van der Waals surface area contributed by atoms with Crippen molar-refractivity contribution in [2.24, 2.45) is 5.92 Å². The number of benzene rings is 10. The molecule has 14 rings (SSSR count). The maximum absolute atomic E-state index is 2.58. The van der Waals surface area contributed by atoms with Crippen LogP contribution in [-0.2, 0) is 5.41 Å². The number of hydrogen-bond donors (Lipinski definition) is 0. The fraction of sp³-hybridized carbons (Fsp3) is 0.127. The maximum atomic E-state index is 2.58. The quantitative estimate of drug-likeness (QED) is 0.140. The predicted molar refractivity (Wildman–Crippen MR) is 308 cm³/mol. The second-order valence-corrected chi connectivity index (χ2v) is 20.4. The number of hydrogen-bond acceptors (Lipinski definition) is 1. The summed E-state index contributed by atoms with van der Waals surface area (Å²) in [5.41, 5.74) is 19.7. The molecule has 1 aromatic heterocycles. The SMILES string of the molecule is C1=CCC(C2(c3ccccc3)c3ccccc3-c3c(-c4ccccc4N(c4ccc5c(c4)c4ccccc4n5-c4ccccc4)c4ccccc4-c4cccc5cccc(C6CCCCC6)c45)cccc32)C=C1. The normalized spacial score (nSPS) is 17.3. The Kier molecular flexibility index (Phi) is 10.7. The highest BCUT2D eigenvalue weighted by atomic mass is 15.1. The Morgan fingerprint density at radius 2 is 1.07 bits per heavy atom. The van der Waals surface area contributed by atoms with Crippen LogP contribution in [0.1, 0.15) is 66.7 Å². The Balaban J connectivity index is 1.05. The molecule has 0 radical (unpaired) electrons. The van der Waals surface area contributed by atoms with Crippen molar-refractivity contribution in [3.8, 4) is 39.1 Å². The van der Waals surface area contributed by atoms with E-state index in [9.17, 15) is 0 Å². The molecule has 2 atom stereocenters. The fourth-order valence-electron chi connectivity index (χ4n) is 13.6. The molecular formula is C71H56N2. The molecule has 350 valence electrons. The minimum absolute atomic E-state index is 0.236. The van der Waals surface area contributed by atoms with Crippen LogP contribution in [0.25, 0.3) is 71.6 Å². The highest BCUT2D eigenvalue weighted by Crippen LogP contribution is 2.61. The summed E-state index contributed by atoms with van der Waals surface area (Å²) in [6.07, 6.45) is 16.6. The minimum Gasteiger partial charge on any atom is -0.309 e.